The highest BCUT2D eigenvalue weighted by molar-refractivity contribution is 6.13. The smallest absolute Gasteiger partial charge is 0.405 e. The van der Waals surface area contributed by atoms with Crippen molar-refractivity contribution >= 4 is 117 Å². The normalized spacial score (nSPS) is 15.7. The molecule has 4 aliphatic heterocycles. The molecule has 6 aliphatic rings. The number of nitrogens with one attached hydrogen (secondary N) is 6. The molecular weight excluding hydrogens is 1900 g/mol. The van der Waals surface area contributed by atoms with E-state index in [4.69, 9.17) is 18.9 Å². The van der Waals surface area contributed by atoms with Crippen molar-refractivity contribution in [1.82, 2.24) is 49.8 Å². The molecule has 45 heteroatoms. The number of ether oxygens (including phenoxy) is 4. The van der Waals surface area contributed by atoms with Crippen LogP contribution in [-0.2, 0) is 31.8 Å². The quantitative estimate of drug-likeness (QED) is 0.0260. The van der Waals surface area contributed by atoms with Gasteiger partial charge < -0.3 is 60.4 Å². The third-order valence-corrected chi connectivity index (χ3v) is 23.6. The Hall–Kier alpha value is -17.1. The van der Waals surface area contributed by atoms with Gasteiger partial charge in [-0.1, -0.05) is 48.5 Å². The van der Waals surface area contributed by atoms with E-state index < -0.39 is 80.6 Å². The highest BCUT2D eigenvalue weighted by Gasteiger charge is 2.45. The second kappa shape index (κ2) is 41.0. The fourth-order valence-electron chi connectivity index (χ4n) is 15.9. The van der Waals surface area contributed by atoms with Crippen LogP contribution in [0.25, 0.3) is 22.3 Å². The summed E-state index contributed by atoms with van der Waals surface area (Å²) in [5.41, 5.74) is 10.1. The van der Waals surface area contributed by atoms with Crippen LogP contribution >= 0.6 is 0 Å². The number of carbonyl (C=O) groups excluding carboxylic acids is 4. The molecule has 2 unspecified atom stereocenters. The first-order chi connectivity index (χ1) is 68.9. The lowest BCUT2D eigenvalue weighted by Crippen LogP contribution is -2.45. The van der Waals surface area contributed by atoms with Crippen LogP contribution in [0, 0.1) is 0 Å². The third-order valence-electron chi connectivity index (χ3n) is 23.6. The highest BCUT2D eigenvalue weighted by atomic mass is 19.4. The molecule has 8 aromatic carbocycles. The van der Waals surface area contributed by atoms with Crippen molar-refractivity contribution in [3.05, 3.63) is 299 Å². The Kier molecular flexibility index (Phi) is 28.0. The molecule has 0 bridgehead atoms. The SMILES string of the molecule is COc1ccc(N2Cc3cnc(NCC(F)(F)F)nc3N(c3ccc(-c4cc[nH]c4)cc3)C2=O)cc1.COc1ccc(N2Cc3cnc(NCC(F)(F)F)nc3N(c3ccc(-c4ccc[nH]c4=O)cc3)C2=O)cc1.COc1ccc(N2Cc3cnc(NCC(F)(F)F)nc3N(c3ccc(C4(O)CC4)cc3)C2=O)cc1.COc1ccc(N2Cc3cnc(NCC(F)(F)F)nc3N(c3ccc(C4CC4O)cc3)C2=O)cc1. The maximum Gasteiger partial charge on any atom is 0.405 e. The van der Waals surface area contributed by atoms with E-state index in [1.54, 1.807) is 208 Å². The fourth-order valence-corrected chi connectivity index (χ4v) is 15.9. The van der Waals surface area contributed by atoms with E-state index >= 15 is 0 Å². The maximum atomic E-state index is 13.8. The number of hydrogen-bond acceptors (Lipinski definition) is 23. The number of anilines is 16. The lowest BCUT2D eigenvalue weighted by atomic mass is 10.1. The van der Waals surface area contributed by atoms with E-state index in [0.29, 0.717) is 121 Å². The van der Waals surface area contributed by atoms with Crippen molar-refractivity contribution in [2.45, 2.75) is 87.8 Å². The molecule has 144 heavy (non-hydrogen) atoms. The van der Waals surface area contributed by atoms with Gasteiger partial charge in [0.2, 0.25) is 23.8 Å². The van der Waals surface area contributed by atoms with E-state index in [0.717, 1.165) is 22.3 Å². The zero-order chi connectivity index (χ0) is 102. The maximum absolute atomic E-state index is 13.8. The van der Waals surface area contributed by atoms with Gasteiger partial charge >= 0.3 is 48.8 Å². The number of alkyl halides is 12. The van der Waals surface area contributed by atoms with Crippen molar-refractivity contribution in [3.63, 3.8) is 0 Å². The van der Waals surface area contributed by atoms with Crippen LogP contribution in [0.5, 0.6) is 23.0 Å². The average Bonchev–Trinajstić information content (AvgIpc) is 1.40. The number of hydrogen-bond donors (Lipinski definition) is 8. The van der Waals surface area contributed by atoms with Gasteiger partial charge in [0.25, 0.3) is 5.56 Å². The number of aromatic amines is 2. The molecule has 0 spiro atoms. The Morgan fingerprint density at radius 1 is 0.368 bits per heavy atom. The second-order valence-electron chi connectivity index (χ2n) is 33.3. The molecule has 10 heterocycles. The minimum Gasteiger partial charge on any atom is -0.497 e. The number of aliphatic hydroxyl groups excluding tert-OH is 1. The number of benzene rings is 8. The topological polar surface area (TPSA) is 371 Å². The van der Waals surface area contributed by atoms with Gasteiger partial charge in [-0.2, -0.15) is 72.6 Å². The van der Waals surface area contributed by atoms with Crippen LogP contribution in [0.2, 0.25) is 0 Å². The van der Waals surface area contributed by atoms with Crippen molar-refractivity contribution in [2.24, 2.45) is 0 Å². The summed E-state index contributed by atoms with van der Waals surface area (Å²) >= 11 is 0. The van der Waals surface area contributed by atoms with Gasteiger partial charge in [0.05, 0.1) is 89.1 Å². The monoisotopic (exact) mass is 1990 g/mol. The van der Waals surface area contributed by atoms with Crippen molar-refractivity contribution in [1.29, 1.82) is 0 Å². The van der Waals surface area contributed by atoms with E-state index in [9.17, 15) is 86.9 Å². The Labute approximate surface area is 811 Å². The number of aliphatic hydroxyl groups is 2. The van der Waals surface area contributed by atoms with Crippen LogP contribution in [0.3, 0.4) is 0 Å². The van der Waals surface area contributed by atoms with Gasteiger partial charge in [-0.05, 0) is 211 Å². The van der Waals surface area contributed by atoms with Crippen LogP contribution in [0.4, 0.5) is 164 Å². The largest absolute Gasteiger partial charge is 0.497 e. The van der Waals surface area contributed by atoms with Gasteiger partial charge in [-0.25, -0.2) is 58.7 Å². The Bertz CT molecular complexity index is 7030. The third kappa shape index (κ3) is 22.8. The van der Waals surface area contributed by atoms with Gasteiger partial charge in [0, 0.05) is 99.9 Å². The molecule has 14 aromatic rings. The first kappa shape index (κ1) is 98.5. The molecule has 2 atom stereocenters. The standard InChI is InChI=1S/C26H21F3N6O3.C25H21F3N6O2.2C24H22F3N5O3/c1-38-20-10-8-18(9-11-20)34-14-17-13-31-24(32-15-26(27,28)29)33-22(17)35(25(34)37)19-6-4-16(5-7-19)21-3-2-12-30-23(21)36;1-36-21-8-6-19(7-9-21)33-14-18-13-30-23(31-15-25(26,27)28)32-22(18)34(24(33)35)20-4-2-16(3-5-20)17-10-11-29-12-17;1-35-18-8-6-16(7-9-18)31-12-15-11-28-22(29-13-24(25,26)27)30-21(15)32(23(31)34)17-4-2-14(3-5-17)19-10-20(19)33;1-35-19-8-6-17(7-9-19)31-13-15-12-28-21(29-14-24(25,26)27)30-20(15)32(22(31)33)18-4-2-16(3-5-18)23(34)10-11-23/h2-13H,14-15H2,1H3,(H,30,36)(H,31,32,33);2-13,29H,14-15H2,1H3,(H,30,31,32);2-9,11,19-20,33H,10,12-13H2,1H3,(H,28,29,30);2-9,12,34H,10-11,13-14H2,1H3,(H,28,29,30). The first-order valence-electron chi connectivity index (χ1n) is 44.3. The summed E-state index contributed by atoms with van der Waals surface area (Å²) in [4.78, 5) is 117. The number of H-pyrrole nitrogens is 2. The average molecular weight is 1990 g/mol. The van der Waals surface area contributed by atoms with Crippen LogP contribution in [0.1, 0.15) is 58.6 Å². The minimum atomic E-state index is -4.47. The van der Waals surface area contributed by atoms with E-state index in [1.807, 2.05) is 42.7 Å². The van der Waals surface area contributed by atoms with Crippen LogP contribution in [0.15, 0.2) is 260 Å². The van der Waals surface area contributed by atoms with Crippen LogP contribution in [-0.4, -0.2) is 170 Å². The number of methoxy groups -OCH3 is 4. The molecule has 33 nitrogen and oxygen atoms in total. The minimum absolute atomic E-state index is 0.0738. The van der Waals surface area contributed by atoms with E-state index in [1.165, 1.54) is 72.4 Å². The molecule has 2 fully saturated rings. The summed E-state index contributed by atoms with van der Waals surface area (Å²) in [6, 6.07) is 59.3. The summed E-state index contributed by atoms with van der Waals surface area (Å²) in [5, 5.41) is 28.8. The Morgan fingerprint density at radius 3 is 0.917 bits per heavy atom. The molecule has 2 saturated carbocycles. The predicted molar refractivity (Wildman–Crippen MR) is 511 cm³/mol. The van der Waals surface area contributed by atoms with E-state index in [2.05, 4.69) is 71.1 Å². The van der Waals surface area contributed by atoms with Gasteiger partial charge in [0.1, 0.15) is 49.2 Å². The van der Waals surface area contributed by atoms with Gasteiger partial charge in [-0.15, -0.1) is 0 Å². The predicted octanol–water partition coefficient (Wildman–Crippen LogP) is 20.1. The zero-order valence-corrected chi connectivity index (χ0v) is 76.4. The Balaban J connectivity index is 0.000000132. The summed E-state index contributed by atoms with van der Waals surface area (Å²) in [6.07, 6.45) is -5.25. The zero-order valence-electron chi connectivity index (χ0n) is 76.4. The van der Waals surface area contributed by atoms with Crippen LogP contribution < -0.4 is 85.0 Å². The molecule has 6 aromatic heterocycles. The van der Waals surface area contributed by atoms with Gasteiger partial charge in [-0.3, -0.25) is 24.4 Å². The van der Waals surface area contributed by atoms with Crippen molar-refractivity contribution < 1.29 is 101 Å². The number of fused-ring (bicyclic) bond motifs is 4. The number of carbonyl (C=O) groups is 4. The fraction of sp³-hybridized carbons (Fsp3) is 0.222. The number of pyridine rings is 1. The lowest BCUT2D eigenvalue weighted by molar-refractivity contribution is -0.116. The molecule has 0 saturated heterocycles. The molecule has 0 radical (unpaired) electrons. The molecule has 20 rings (SSSR count). The number of nitrogens with zero attached hydrogens (tertiary/aromatic N) is 16. The summed E-state index contributed by atoms with van der Waals surface area (Å²) < 4.78 is 173. The molecule has 2 aliphatic carbocycles. The number of amides is 8. The van der Waals surface area contributed by atoms with Crippen molar-refractivity contribution in [3.8, 4) is 45.3 Å². The van der Waals surface area contributed by atoms with Gasteiger partial charge in [0.15, 0.2) is 23.3 Å². The lowest BCUT2D eigenvalue weighted by Gasteiger charge is -2.36. The molecule has 8 amide bonds. The Morgan fingerprint density at radius 2 is 0.653 bits per heavy atom. The second-order valence-corrected chi connectivity index (χ2v) is 33.3. The molecular formula is C99H86F12N22O11. The van der Waals surface area contributed by atoms with Crippen molar-refractivity contribution in [2.75, 3.05) is 115 Å². The number of rotatable bonds is 24. The summed E-state index contributed by atoms with van der Waals surface area (Å²) in [6.45, 7) is -4.68. The molecule has 8 N–H and O–H groups in total. The highest BCUT2D eigenvalue weighted by Crippen LogP contribution is 2.49. The first-order valence-corrected chi connectivity index (χ1v) is 44.3. The number of aromatic nitrogens is 10. The summed E-state index contributed by atoms with van der Waals surface area (Å²) in [7, 11) is 6.18. The number of halogens is 12. The molecule has 742 valence electrons. The van der Waals surface area contributed by atoms with E-state index in [-0.39, 0.29) is 90.8 Å². The number of urea groups is 4. The summed E-state index contributed by atoms with van der Waals surface area (Å²) in [5.74, 6) is 2.44.